The van der Waals surface area contributed by atoms with Gasteiger partial charge in [-0.05, 0) is 55.3 Å². The summed E-state index contributed by atoms with van der Waals surface area (Å²) in [6.07, 6.45) is -0.637. The topological polar surface area (TPSA) is 87.2 Å². The Kier molecular flexibility index (Phi) is 5.92. The molecule has 0 unspecified atom stereocenters. The molecule has 0 amide bonds. The molecule has 168 valence electrons. The Morgan fingerprint density at radius 3 is 2.31 bits per heavy atom. The predicted octanol–water partition coefficient (Wildman–Crippen LogP) is 4.64. The lowest BCUT2D eigenvalue weighted by molar-refractivity contribution is -0.137. The zero-order chi connectivity index (χ0) is 22.8. The molecule has 0 bridgehead atoms. The number of anilines is 4. The molecule has 7 nitrogen and oxygen atoms in total. The van der Waals surface area contributed by atoms with Gasteiger partial charge in [0.2, 0.25) is 0 Å². The highest BCUT2D eigenvalue weighted by molar-refractivity contribution is 7.92. The van der Waals surface area contributed by atoms with E-state index in [1.807, 2.05) is 6.07 Å². The Labute approximate surface area is 183 Å². The monoisotopic (exact) mass is 463 g/mol. The van der Waals surface area contributed by atoms with Crippen LogP contribution >= 0.6 is 0 Å². The largest absolute Gasteiger partial charge is 0.416 e. The van der Waals surface area contributed by atoms with Gasteiger partial charge >= 0.3 is 6.18 Å². The van der Waals surface area contributed by atoms with Crippen molar-refractivity contribution >= 4 is 32.9 Å². The van der Waals surface area contributed by atoms with Crippen LogP contribution in [0, 0.1) is 0 Å². The van der Waals surface area contributed by atoms with Gasteiger partial charge in [0, 0.05) is 30.5 Å². The van der Waals surface area contributed by atoms with Gasteiger partial charge in [-0.2, -0.15) is 18.3 Å². The fourth-order valence-electron chi connectivity index (χ4n) is 3.39. The summed E-state index contributed by atoms with van der Waals surface area (Å²) in [6.45, 7) is 1.96. The second-order valence-corrected chi connectivity index (χ2v) is 9.01. The molecule has 0 atom stereocenters. The lowest BCUT2D eigenvalue weighted by Gasteiger charge is -2.17. The van der Waals surface area contributed by atoms with Crippen LogP contribution in [0.5, 0.6) is 0 Å². The number of benzene rings is 2. The maximum Gasteiger partial charge on any atom is 0.416 e. The maximum atomic E-state index is 12.9. The van der Waals surface area contributed by atoms with Crippen LogP contribution in [-0.2, 0) is 16.2 Å². The molecular formula is C21H20F3N5O2S. The molecule has 0 aliphatic carbocycles. The summed E-state index contributed by atoms with van der Waals surface area (Å²) in [4.78, 5) is 1.76. The second kappa shape index (κ2) is 8.65. The minimum atomic E-state index is -4.63. The van der Waals surface area contributed by atoms with Crippen LogP contribution in [-0.4, -0.2) is 31.7 Å². The third-order valence-electron chi connectivity index (χ3n) is 4.99. The standard InChI is InChI=1S/C21H20F3N5O2S/c22-21(23,24)15-4-3-5-19(12-15)32(30,31)28-17-8-6-16(7-9-17)26-20-13-18(14-25-27-20)29-10-1-2-11-29/h3-9,12-14,28H,1-2,10-11H2,(H,26,27). The number of nitrogens with zero attached hydrogens (tertiary/aromatic N) is 3. The number of alkyl halides is 3. The molecule has 11 heteroatoms. The lowest BCUT2D eigenvalue weighted by Crippen LogP contribution is -2.18. The van der Waals surface area contributed by atoms with Crippen LogP contribution < -0.4 is 14.9 Å². The van der Waals surface area contributed by atoms with Crippen molar-refractivity contribution in [1.82, 2.24) is 10.2 Å². The summed E-state index contributed by atoms with van der Waals surface area (Å²) in [7, 11) is -4.18. The molecule has 0 radical (unpaired) electrons. The number of halogens is 3. The Morgan fingerprint density at radius 1 is 0.938 bits per heavy atom. The van der Waals surface area contributed by atoms with Crippen molar-refractivity contribution in [2.45, 2.75) is 23.9 Å². The first-order chi connectivity index (χ1) is 15.2. The van der Waals surface area contributed by atoms with Gasteiger partial charge in [0.1, 0.15) is 0 Å². The van der Waals surface area contributed by atoms with Crippen LogP contribution in [0.1, 0.15) is 18.4 Å². The van der Waals surface area contributed by atoms with Crippen LogP contribution in [0.3, 0.4) is 0 Å². The number of hydrogen-bond donors (Lipinski definition) is 2. The van der Waals surface area contributed by atoms with Gasteiger partial charge in [0.05, 0.1) is 22.3 Å². The Morgan fingerprint density at radius 2 is 1.62 bits per heavy atom. The zero-order valence-electron chi connectivity index (χ0n) is 16.8. The van der Waals surface area contributed by atoms with E-state index in [4.69, 9.17) is 0 Å². The first-order valence-electron chi connectivity index (χ1n) is 9.86. The van der Waals surface area contributed by atoms with E-state index < -0.39 is 26.7 Å². The Hall–Kier alpha value is -3.34. The lowest BCUT2D eigenvalue weighted by atomic mass is 10.2. The van der Waals surface area contributed by atoms with Gasteiger partial charge in [-0.15, -0.1) is 5.10 Å². The van der Waals surface area contributed by atoms with E-state index in [0.29, 0.717) is 17.6 Å². The Balaban J connectivity index is 1.46. The average Bonchev–Trinajstić information content (AvgIpc) is 3.30. The molecule has 4 rings (SSSR count). The fourth-order valence-corrected chi connectivity index (χ4v) is 4.49. The molecule has 2 heterocycles. The van der Waals surface area contributed by atoms with Crippen LogP contribution in [0.25, 0.3) is 0 Å². The molecular weight excluding hydrogens is 443 g/mol. The van der Waals surface area contributed by atoms with Crippen molar-refractivity contribution in [2.24, 2.45) is 0 Å². The van der Waals surface area contributed by atoms with Crippen molar-refractivity contribution in [3.05, 3.63) is 66.4 Å². The summed E-state index contributed by atoms with van der Waals surface area (Å²) in [5.41, 5.74) is 0.812. The molecule has 1 aromatic heterocycles. The van der Waals surface area contributed by atoms with Gasteiger partial charge in [-0.25, -0.2) is 8.42 Å². The van der Waals surface area contributed by atoms with Crippen LogP contribution in [0.2, 0.25) is 0 Å². The number of aromatic nitrogens is 2. The second-order valence-electron chi connectivity index (χ2n) is 7.33. The third kappa shape index (κ3) is 5.10. The highest BCUT2D eigenvalue weighted by atomic mass is 32.2. The minimum Gasteiger partial charge on any atom is -0.370 e. The van der Waals surface area contributed by atoms with Gasteiger partial charge in [0.15, 0.2) is 5.82 Å². The average molecular weight is 463 g/mol. The molecule has 2 N–H and O–H groups in total. The molecule has 32 heavy (non-hydrogen) atoms. The highest BCUT2D eigenvalue weighted by Crippen LogP contribution is 2.31. The SMILES string of the molecule is O=S(=O)(Nc1ccc(Nc2cc(N3CCCC3)cnn2)cc1)c1cccc(C(F)(F)F)c1. The van der Waals surface area contributed by atoms with E-state index in [9.17, 15) is 21.6 Å². The van der Waals surface area contributed by atoms with Crippen molar-refractivity contribution < 1.29 is 21.6 Å². The van der Waals surface area contributed by atoms with Gasteiger partial charge in [-0.1, -0.05) is 6.07 Å². The summed E-state index contributed by atoms with van der Waals surface area (Å²) in [5, 5.41) is 11.2. The van der Waals surface area contributed by atoms with Crippen molar-refractivity contribution in [2.75, 3.05) is 28.0 Å². The summed E-state index contributed by atoms with van der Waals surface area (Å²) in [6, 6.07) is 11.8. The third-order valence-corrected chi connectivity index (χ3v) is 6.37. The predicted molar refractivity (Wildman–Crippen MR) is 115 cm³/mol. The molecule has 1 aliphatic rings. The molecule has 0 spiro atoms. The Bertz CT molecular complexity index is 1190. The van der Waals surface area contributed by atoms with Gasteiger partial charge in [-0.3, -0.25) is 4.72 Å². The van der Waals surface area contributed by atoms with Gasteiger partial charge in [0.25, 0.3) is 10.0 Å². The first-order valence-corrected chi connectivity index (χ1v) is 11.3. The highest BCUT2D eigenvalue weighted by Gasteiger charge is 2.31. The van der Waals surface area contributed by atoms with E-state index in [1.165, 1.54) is 12.1 Å². The van der Waals surface area contributed by atoms with E-state index in [-0.39, 0.29) is 5.69 Å². The van der Waals surface area contributed by atoms with Crippen LogP contribution in [0.4, 0.5) is 36.1 Å². The van der Waals surface area contributed by atoms with E-state index in [0.717, 1.165) is 49.8 Å². The molecule has 1 aliphatic heterocycles. The molecule has 3 aromatic rings. The normalized spacial score (nSPS) is 14.4. The number of nitrogens with one attached hydrogen (secondary N) is 2. The minimum absolute atomic E-state index is 0.213. The van der Waals surface area contributed by atoms with E-state index in [2.05, 4.69) is 25.1 Å². The molecule has 1 fully saturated rings. The quantitative estimate of drug-likeness (QED) is 0.554. The molecule has 0 saturated carbocycles. The first kappa shape index (κ1) is 21.9. The zero-order valence-corrected chi connectivity index (χ0v) is 17.6. The molecule has 2 aromatic carbocycles. The summed E-state index contributed by atoms with van der Waals surface area (Å²) >= 11 is 0. The number of hydrogen-bond acceptors (Lipinski definition) is 6. The summed E-state index contributed by atoms with van der Waals surface area (Å²) in [5.74, 6) is 0.548. The molecule has 1 saturated heterocycles. The van der Waals surface area contributed by atoms with Crippen molar-refractivity contribution in [3.8, 4) is 0 Å². The van der Waals surface area contributed by atoms with E-state index >= 15 is 0 Å². The maximum absolute atomic E-state index is 12.9. The van der Waals surface area contributed by atoms with Crippen molar-refractivity contribution in [3.63, 3.8) is 0 Å². The number of sulfonamides is 1. The number of rotatable bonds is 6. The van der Waals surface area contributed by atoms with Crippen molar-refractivity contribution in [1.29, 1.82) is 0 Å². The smallest absolute Gasteiger partial charge is 0.370 e. The van der Waals surface area contributed by atoms with E-state index in [1.54, 1.807) is 18.3 Å². The fraction of sp³-hybridized carbons (Fsp3) is 0.238. The van der Waals surface area contributed by atoms with Crippen LogP contribution in [0.15, 0.2) is 65.7 Å². The van der Waals surface area contributed by atoms with Gasteiger partial charge < -0.3 is 10.2 Å². The summed E-state index contributed by atoms with van der Waals surface area (Å²) < 4.78 is 66.0.